The molecule has 148 valence electrons. The van der Waals surface area contributed by atoms with Crippen molar-refractivity contribution in [2.24, 2.45) is 0 Å². The second kappa shape index (κ2) is 8.96. The van der Waals surface area contributed by atoms with Gasteiger partial charge >= 0.3 is 0 Å². The highest BCUT2D eigenvalue weighted by Crippen LogP contribution is 2.24. The molecule has 3 aromatic heterocycles. The summed E-state index contributed by atoms with van der Waals surface area (Å²) in [6, 6.07) is 9.96. The maximum absolute atomic E-state index is 6.11. The first-order chi connectivity index (χ1) is 14.2. The number of hydrogen-bond donors (Lipinski definition) is 0. The fourth-order valence-corrected chi connectivity index (χ4v) is 3.60. The summed E-state index contributed by atoms with van der Waals surface area (Å²) in [7, 11) is 0. The molecular formula is C22H23N5OS. The van der Waals surface area contributed by atoms with Crippen LogP contribution in [0.15, 0.2) is 58.0 Å². The lowest BCUT2D eigenvalue weighted by molar-refractivity contribution is 0.505. The minimum Gasteiger partial charge on any atom is -0.439 e. The summed E-state index contributed by atoms with van der Waals surface area (Å²) in [5, 5.41) is 2.08. The Morgan fingerprint density at radius 2 is 1.86 bits per heavy atom. The largest absolute Gasteiger partial charge is 0.439 e. The third kappa shape index (κ3) is 4.68. The maximum Gasteiger partial charge on any atom is 0.226 e. The standard InChI is InChI=1S/C22H23N5OS/c1-3-17-11-23-22(24-12-17)27(10-9-19-14-29-15-25-19)13-20-16(2)26-21(28-20)18-7-5-4-6-8-18/h4-8,11-12,14-15H,3,9-10,13H2,1-2H3. The SMILES string of the molecule is CCc1cnc(N(CCc2cscn2)Cc2oc(-c3ccccc3)nc2C)nc1. The quantitative estimate of drug-likeness (QED) is 0.423. The Bertz CT molecular complexity index is 1030. The maximum atomic E-state index is 6.11. The molecule has 0 aliphatic carbocycles. The monoisotopic (exact) mass is 405 g/mol. The third-order valence-electron chi connectivity index (χ3n) is 4.75. The number of aryl methyl sites for hydroxylation is 2. The van der Waals surface area contributed by atoms with Crippen molar-refractivity contribution in [3.05, 3.63) is 76.3 Å². The molecule has 0 N–H and O–H groups in total. The Balaban J connectivity index is 1.58. The van der Waals surface area contributed by atoms with E-state index in [0.717, 1.165) is 47.7 Å². The molecule has 6 nitrogen and oxygen atoms in total. The summed E-state index contributed by atoms with van der Waals surface area (Å²) >= 11 is 1.61. The van der Waals surface area contributed by atoms with Crippen LogP contribution in [0.3, 0.4) is 0 Å². The van der Waals surface area contributed by atoms with Gasteiger partial charge in [0.1, 0.15) is 5.76 Å². The van der Waals surface area contributed by atoms with E-state index < -0.39 is 0 Å². The van der Waals surface area contributed by atoms with E-state index in [2.05, 4.69) is 37.1 Å². The van der Waals surface area contributed by atoms with Gasteiger partial charge in [0, 0.05) is 36.3 Å². The van der Waals surface area contributed by atoms with Gasteiger partial charge in [0.05, 0.1) is 23.4 Å². The van der Waals surface area contributed by atoms with Gasteiger partial charge in [0.15, 0.2) is 0 Å². The number of aromatic nitrogens is 4. The van der Waals surface area contributed by atoms with Crippen LogP contribution >= 0.6 is 11.3 Å². The molecule has 0 radical (unpaired) electrons. The van der Waals surface area contributed by atoms with Gasteiger partial charge in [-0.25, -0.2) is 19.9 Å². The summed E-state index contributed by atoms with van der Waals surface area (Å²) in [6.45, 7) is 5.38. The van der Waals surface area contributed by atoms with Gasteiger partial charge in [-0.1, -0.05) is 25.1 Å². The van der Waals surface area contributed by atoms with Crippen LogP contribution in [0.2, 0.25) is 0 Å². The normalized spacial score (nSPS) is 11.0. The molecule has 0 fully saturated rings. The van der Waals surface area contributed by atoms with Gasteiger partial charge in [-0.2, -0.15) is 0 Å². The number of nitrogens with zero attached hydrogens (tertiary/aromatic N) is 5. The van der Waals surface area contributed by atoms with E-state index >= 15 is 0 Å². The van der Waals surface area contributed by atoms with Gasteiger partial charge in [-0.05, 0) is 31.0 Å². The molecule has 0 unspecified atom stereocenters. The van der Waals surface area contributed by atoms with Crippen molar-refractivity contribution in [3.8, 4) is 11.5 Å². The van der Waals surface area contributed by atoms with Crippen LogP contribution in [0.5, 0.6) is 0 Å². The summed E-state index contributed by atoms with van der Waals surface area (Å²) in [5.74, 6) is 2.15. The van der Waals surface area contributed by atoms with E-state index in [1.807, 2.05) is 55.2 Å². The predicted octanol–water partition coefficient (Wildman–Crippen LogP) is 4.71. The van der Waals surface area contributed by atoms with Crippen molar-refractivity contribution >= 4 is 17.3 Å². The Hall–Kier alpha value is -3.06. The molecule has 0 saturated heterocycles. The average Bonchev–Trinajstić information content (AvgIpc) is 3.42. The number of oxazole rings is 1. The Morgan fingerprint density at radius 3 is 2.55 bits per heavy atom. The lowest BCUT2D eigenvalue weighted by Gasteiger charge is -2.21. The van der Waals surface area contributed by atoms with E-state index in [0.29, 0.717) is 18.4 Å². The lowest BCUT2D eigenvalue weighted by Crippen LogP contribution is -2.27. The molecule has 1 aromatic carbocycles. The molecule has 4 aromatic rings. The van der Waals surface area contributed by atoms with E-state index in [1.54, 1.807) is 11.3 Å². The topological polar surface area (TPSA) is 67.9 Å². The summed E-state index contributed by atoms with van der Waals surface area (Å²) in [6.07, 6.45) is 5.52. The van der Waals surface area contributed by atoms with Crippen LogP contribution in [-0.2, 0) is 19.4 Å². The first-order valence-electron chi connectivity index (χ1n) is 9.67. The molecule has 0 spiro atoms. The fraction of sp³-hybridized carbons (Fsp3) is 0.273. The van der Waals surface area contributed by atoms with E-state index in [4.69, 9.17) is 4.42 Å². The van der Waals surface area contributed by atoms with Gasteiger partial charge in [0.2, 0.25) is 11.8 Å². The zero-order chi connectivity index (χ0) is 20.1. The highest BCUT2D eigenvalue weighted by Gasteiger charge is 2.17. The average molecular weight is 406 g/mol. The van der Waals surface area contributed by atoms with E-state index in [1.165, 1.54) is 0 Å². The second-order valence-corrected chi connectivity index (χ2v) is 7.51. The molecule has 0 aliphatic rings. The molecule has 0 aliphatic heterocycles. The highest BCUT2D eigenvalue weighted by atomic mass is 32.1. The van der Waals surface area contributed by atoms with Crippen LogP contribution in [0.1, 0.15) is 29.6 Å². The zero-order valence-electron chi connectivity index (χ0n) is 16.6. The minimum atomic E-state index is 0.557. The molecule has 29 heavy (non-hydrogen) atoms. The number of hydrogen-bond acceptors (Lipinski definition) is 7. The van der Waals surface area contributed by atoms with E-state index in [9.17, 15) is 0 Å². The summed E-state index contributed by atoms with van der Waals surface area (Å²) < 4.78 is 6.11. The first kappa shape index (κ1) is 19.3. The zero-order valence-corrected chi connectivity index (χ0v) is 17.4. The van der Waals surface area contributed by atoms with Crippen molar-refractivity contribution < 1.29 is 4.42 Å². The van der Waals surface area contributed by atoms with Gasteiger partial charge in [-0.15, -0.1) is 11.3 Å². The number of benzene rings is 1. The van der Waals surface area contributed by atoms with Crippen molar-refractivity contribution in [3.63, 3.8) is 0 Å². The number of anilines is 1. The molecule has 0 amide bonds. The third-order valence-corrected chi connectivity index (χ3v) is 5.39. The number of thiazole rings is 1. The smallest absolute Gasteiger partial charge is 0.226 e. The van der Waals surface area contributed by atoms with Crippen molar-refractivity contribution in [1.82, 2.24) is 19.9 Å². The molecule has 0 saturated carbocycles. The molecule has 0 bridgehead atoms. The van der Waals surface area contributed by atoms with Crippen LogP contribution < -0.4 is 4.90 Å². The molecule has 3 heterocycles. The highest BCUT2D eigenvalue weighted by molar-refractivity contribution is 7.07. The van der Waals surface area contributed by atoms with Gasteiger partial charge in [0.25, 0.3) is 0 Å². The van der Waals surface area contributed by atoms with Crippen LogP contribution in [0.25, 0.3) is 11.5 Å². The lowest BCUT2D eigenvalue weighted by atomic mass is 10.2. The van der Waals surface area contributed by atoms with Crippen LogP contribution in [-0.4, -0.2) is 26.5 Å². The molecular weight excluding hydrogens is 382 g/mol. The first-order valence-corrected chi connectivity index (χ1v) is 10.6. The van der Waals surface area contributed by atoms with E-state index in [-0.39, 0.29) is 0 Å². The predicted molar refractivity (Wildman–Crippen MR) is 115 cm³/mol. The number of rotatable bonds is 8. The van der Waals surface area contributed by atoms with Crippen LogP contribution in [0, 0.1) is 6.92 Å². The van der Waals surface area contributed by atoms with Crippen molar-refractivity contribution in [1.29, 1.82) is 0 Å². The van der Waals surface area contributed by atoms with Crippen molar-refractivity contribution in [2.45, 2.75) is 33.2 Å². The Kier molecular flexibility index (Phi) is 5.95. The Morgan fingerprint density at radius 1 is 1.07 bits per heavy atom. The molecule has 4 rings (SSSR count). The Labute approximate surface area is 174 Å². The summed E-state index contributed by atoms with van der Waals surface area (Å²) in [5.41, 5.74) is 5.91. The summed E-state index contributed by atoms with van der Waals surface area (Å²) in [4.78, 5) is 20.3. The fourth-order valence-electron chi connectivity index (χ4n) is 3.01. The minimum absolute atomic E-state index is 0.557. The van der Waals surface area contributed by atoms with Crippen molar-refractivity contribution in [2.75, 3.05) is 11.4 Å². The van der Waals surface area contributed by atoms with Gasteiger partial charge < -0.3 is 9.32 Å². The van der Waals surface area contributed by atoms with Gasteiger partial charge in [-0.3, -0.25) is 0 Å². The second-order valence-electron chi connectivity index (χ2n) is 6.79. The molecule has 7 heteroatoms. The van der Waals surface area contributed by atoms with Crippen LogP contribution in [0.4, 0.5) is 5.95 Å². The molecule has 0 atom stereocenters.